The summed E-state index contributed by atoms with van der Waals surface area (Å²) >= 11 is 0. The van der Waals surface area contributed by atoms with E-state index in [2.05, 4.69) is 27.7 Å². The van der Waals surface area contributed by atoms with Crippen LogP contribution in [0.4, 0.5) is 0 Å². The van der Waals surface area contributed by atoms with Gasteiger partial charge in [0.15, 0.2) is 0 Å². The van der Waals surface area contributed by atoms with E-state index in [0.29, 0.717) is 5.41 Å². The average molecular weight is 158 g/mol. The van der Waals surface area contributed by atoms with Gasteiger partial charge in [-0.15, -0.1) is 0 Å². The van der Waals surface area contributed by atoms with Crippen LogP contribution in [0.15, 0.2) is 0 Å². The third kappa shape index (κ3) is 6.36. The molecule has 0 bridgehead atoms. The van der Waals surface area contributed by atoms with E-state index in [1.165, 1.54) is 6.42 Å². The Balaban J connectivity index is 3.61. The van der Waals surface area contributed by atoms with Gasteiger partial charge in [-0.2, -0.15) is 0 Å². The summed E-state index contributed by atoms with van der Waals surface area (Å²) in [6.07, 6.45) is 1.24. The second-order valence-electron chi connectivity index (χ2n) is 4.40. The number of hydrogen-bond acceptors (Lipinski definition) is 1. The highest BCUT2D eigenvalue weighted by molar-refractivity contribution is 4.69. The molecule has 0 N–H and O–H groups in total. The van der Waals surface area contributed by atoms with Crippen molar-refractivity contribution in [3.8, 4) is 0 Å². The minimum Gasteiger partial charge on any atom is -0.381 e. The van der Waals surface area contributed by atoms with Gasteiger partial charge < -0.3 is 4.74 Å². The van der Waals surface area contributed by atoms with Crippen molar-refractivity contribution in [1.82, 2.24) is 0 Å². The van der Waals surface area contributed by atoms with Crippen LogP contribution in [0.5, 0.6) is 0 Å². The Bertz CT molecular complexity index is 95.0. The van der Waals surface area contributed by atoms with Crippen molar-refractivity contribution in [2.45, 2.75) is 41.0 Å². The largest absolute Gasteiger partial charge is 0.381 e. The SMILES string of the molecule is CCOCC(C)(C)CC(C)C. The van der Waals surface area contributed by atoms with Gasteiger partial charge >= 0.3 is 0 Å². The molecular formula is C10H22O. The Morgan fingerprint density at radius 1 is 1.27 bits per heavy atom. The Hall–Kier alpha value is -0.0400. The van der Waals surface area contributed by atoms with Crippen molar-refractivity contribution in [3.63, 3.8) is 0 Å². The zero-order chi connectivity index (χ0) is 8.91. The molecule has 0 aliphatic heterocycles. The summed E-state index contributed by atoms with van der Waals surface area (Å²) in [5.41, 5.74) is 0.351. The Morgan fingerprint density at radius 2 is 1.82 bits per heavy atom. The lowest BCUT2D eigenvalue weighted by Gasteiger charge is -2.25. The lowest BCUT2D eigenvalue weighted by atomic mass is 9.85. The van der Waals surface area contributed by atoms with Crippen molar-refractivity contribution in [2.75, 3.05) is 13.2 Å². The minimum absolute atomic E-state index is 0.351. The van der Waals surface area contributed by atoms with Gasteiger partial charge in [-0.25, -0.2) is 0 Å². The maximum Gasteiger partial charge on any atom is 0.0517 e. The topological polar surface area (TPSA) is 9.23 Å². The van der Waals surface area contributed by atoms with Crippen molar-refractivity contribution in [3.05, 3.63) is 0 Å². The maximum atomic E-state index is 5.40. The molecule has 0 spiro atoms. The number of hydrogen-bond donors (Lipinski definition) is 0. The standard InChI is InChI=1S/C10H22O/c1-6-11-8-10(4,5)7-9(2)3/h9H,6-8H2,1-5H3. The van der Waals surface area contributed by atoms with Crippen molar-refractivity contribution < 1.29 is 4.74 Å². The fourth-order valence-electron chi connectivity index (χ4n) is 1.54. The molecule has 0 saturated heterocycles. The highest BCUT2D eigenvalue weighted by Gasteiger charge is 2.18. The van der Waals surface area contributed by atoms with Crippen LogP contribution in [0.3, 0.4) is 0 Å². The van der Waals surface area contributed by atoms with Gasteiger partial charge in [-0.3, -0.25) is 0 Å². The monoisotopic (exact) mass is 158 g/mol. The van der Waals surface area contributed by atoms with Gasteiger partial charge in [0.2, 0.25) is 0 Å². The fraction of sp³-hybridized carbons (Fsp3) is 1.00. The highest BCUT2D eigenvalue weighted by Crippen LogP contribution is 2.25. The molecule has 0 aromatic carbocycles. The predicted octanol–water partition coefficient (Wildman–Crippen LogP) is 3.10. The summed E-state index contributed by atoms with van der Waals surface area (Å²) in [7, 11) is 0. The maximum absolute atomic E-state index is 5.40. The molecule has 0 radical (unpaired) electrons. The van der Waals surface area contributed by atoms with Crippen LogP contribution in [0.1, 0.15) is 41.0 Å². The van der Waals surface area contributed by atoms with Gasteiger partial charge in [-0.1, -0.05) is 27.7 Å². The number of rotatable bonds is 5. The van der Waals surface area contributed by atoms with E-state index in [9.17, 15) is 0 Å². The molecule has 0 aromatic rings. The van der Waals surface area contributed by atoms with Crippen LogP contribution >= 0.6 is 0 Å². The van der Waals surface area contributed by atoms with Crippen LogP contribution < -0.4 is 0 Å². The highest BCUT2D eigenvalue weighted by atomic mass is 16.5. The normalized spacial score (nSPS) is 12.5. The first kappa shape index (κ1) is 11.0. The van der Waals surface area contributed by atoms with Gasteiger partial charge in [0.05, 0.1) is 6.61 Å². The van der Waals surface area contributed by atoms with Crippen LogP contribution in [0.25, 0.3) is 0 Å². The van der Waals surface area contributed by atoms with Crippen molar-refractivity contribution >= 4 is 0 Å². The van der Waals surface area contributed by atoms with Crippen LogP contribution in [-0.4, -0.2) is 13.2 Å². The van der Waals surface area contributed by atoms with Gasteiger partial charge in [0.25, 0.3) is 0 Å². The molecule has 0 heterocycles. The zero-order valence-corrected chi connectivity index (χ0v) is 8.61. The smallest absolute Gasteiger partial charge is 0.0517 e. The van der Waals surface area contributed by atoms with Gasteiger partial charge in [0.1, 0.15) is 0 Å². The molecule has 1 heteroatoms. The summed E-state index contributed by atoms with van der Waals surface area (Å²) < 4.78 is 5.40. The van der Waals surface area contributed by atoms with Crippen LogP contribution in [0, 0.1) is 11.3 Å². The molecule has 0 atom stereocenters. The Morgan fingerprint density at radius 3 is 2.18 bits per heavy atom. The molecule has 0 fully saturated rings. The first-order valence-electron chi connectivity index (χ1n) is 4.55. The molecular weight excluding hydrogens is 136 g/mol. The third-order valence-electron chi connectivity index (χ3n) is 1.66. The van der Waals surface area contributed by atoms with Gasteiger partial charge in [0, 0.05) is 6.61 Å². The molecule has 0 unspecified atom stereocenters. The van der Waals surface area contributed by atoms with Crippen molar-refractivity contribution in [1.29, 1.82) is 0 Å². The molecule has 1 nitrogen and oxygen atoms in total. The lowest BCUT2D eigenvalue weighted by molar-refractivity contribution is 0.0590. The summed E-state index contributed by atoms with van der Waals surface area (Å²) in [4.78, 5) is 0. The van der Waals surface area contributed by atoms with Crippen LogP contribution in [-0.2, 0) is 4.74 Å². The molecule has 11 heavy (non-hydrogen) atoms. The summed E-state index contributed by atoms with van der Waals surface area (Å²) in [5, 5.41) is 0. The molecule has 0 rings (SSSR count). The quantitative estimate of drug-likeness (QED) is 0.597. The molecule has 0 aliphatic carbocycles. The van der Waals surface area contributed by atoms with Gasteiger partial charge in [-0.05, 0) is 24.7 Å². The Kier molecular flexibility index (Phi) is 4.74. The third-order valence-corrected chi connectivity index (χ3v) is 1.66. The second kappa shape index (κ2) is 4.76. The molecule has 68 valence electrons. The van der Waals surface area contributed by atoms with Crippen LogP contribution in [0.2, 0.25) is 0 Å². The first-order chi connectivity index (χ1) is 4.98. The van der Waals surface area contributed by atoms with E-state index in [0.717, 1.165) is 19.1 Å². The van der Waals surface area contributed by atoms with E-state index in [4.69, 9.17) is 4.74 Å². The predicted molar refractivity (Wildman–Crippen MR) is 49.7 cm³/mol. The van der Waals surface area contributed by atoms with E-state index in [1.54, 1.807) is 0 Å². The zero-order valence-electron chi connectivity index (χ0n) is 8.61. The lowest BCUT2D eigenvalue weighted by Crippen LogP contribution is -2.21. The second-order valence-corrected chi connectivity index (χ2v) is 4.40. The average Bonchev–Trinajstić information content (AvgIpc) is 1.81. The van der Waals surface area contributed by atoms with E-state index in [-0.39, 0.29) is 0 Å². The van der Waals surface area contributed by atoms with E-state index in [1.807, 2.05) is 6.92 Å². The minimum atomic E-state index is 0.351. The summed E-state index contributed by atoms with van der Waals surface area (Å²) in [5.74, 6) is 0.769. The Labute approximate surface area is 71.1 Å². The summed E-state index contributed by atoms with van der Waals surface area (Å²) in [6, 6.07) is 0. The molecule has 0 amide bonds. The first-order valence-corrected chi connectivity index (χ1v) is 4.55. The van der Waals surface area contributed by atoms with Crippen molar-refractivity contribution in [2.24, 2.45) is 11.3 Å². The molecule has 0 aliphatic rings. The molecule has 0 aromatic heterocycles. The molecule has 0 saturated carbocycles. The fourth-order valence-corrected chi connectivity index (χ4v) is 1.54. The van der Waals surface area contributed by atoms with E-state index >= 15 is 0 Å². The number of ether oxygens (including phenoxy) is 1. The van der Waals surface area contributed by atoms with E-state index < -0.39 is 0 Å². The summed E-state index contributed by atoms with van der Waals surface area (Å²) in [6.45, 7) is 12.8.